The molecule has 0 N–H and O–H groups in total. The van der Waals surface area contributed by atoms with Crippen molar-refractivity contribution in [2.75, 3.05) is 13.2 Å². The molecule has 0 heterocycles. The molecule has 0 aromatic carbocycles. The van der Waals surface area contributed by atoms with E-state index in [0.29, 0.717) is 13.2 Å². The fourth-order valence-corrected chi connectivity index (χ4v) is 1.17. The van der Waals surface area contributed by atoms with Gasteiger partial charge >= 0.3 is 8.25 Å². The first-order valence-electron chi connectivity index (χ1n) is 3.69. The van der Waals surface area contributed by atoms with Crippen molar-refractivity contribution in [2.24, 2.45) is 5.41 Å². The van der Waals surface area contributed by atoms with Crippen LogP contribution in [0.3, 0.4) is 0 Å². The van der Waals surface area contributed by atoms with Crippen LogP contribution >= 0.6 is 8.25 Å². The van der Waals surface area contributed by atoms with Crippen molar-refractivity contribution in [2.45, 2.75) is 27.7 Å². The molecule has 0 saturated heterocycles. The van der Waals surface area contributed by atoms with Gasteiger partial charge in [0.15, 0.2) is 0 Å². The molecule has 66 valence electrons. The summed E-state index contributed by atoms with van der Waals surface area (Å²) in [5, 5.41) is 0. The summed E-state index contributed by atoms with van der Waals surface area (Å²) >= 11 is 0. The van der Waals surface area contributed by atoms with E-state index >= 15 is 0 Å². The van der Waals surface area contributed by atoms with Gasteiger partial charge in [0.25, 0.3) is 0 Å². The Kier molecular flexibility index (Phi) is 4.82. The summed E-state index contributed by atoms with van der Waals surface area (Å²) in [6.07, 6.45) is 0. The van der Waals surface area contributed by atoms with Crippen molar-refractivity contribution >= 4 is 8.25 Å². The van der Waals surface area contributed by atoms with Gasteiger partial charge in [0, 0.05) is 4.57 Å². The molecule has 1 atom stereocenters. The lowest BCUT2D eigenvalue weighted by Gasteiger charge is -2.11. The van der Waals surface area contributed by atoms with Crippen LogP contribution in [0.2, 0.25) is 0 Å². The highest BCUT2D eigenvalue weighted by atomic mass is 31.1. The summed E-state index contributed by atoms with van der Waals surface area (Å²) in [7, 11) is -1.89. The monoisotopic (exact) mass is 179 g/mol. The normalized spacial score (nSPS) is 13.3. The van der Waals surface area contributed by atoms with Crippen molar-refractivity contribution in [3.63, 3.8) is 0 Å². The van der Waals surface area contributed by atoms with E-state index < -0.39 is 8.25 Å². The summed E-state index contributed by atoms with van der Waals surface area (Å²) in [6, 6.07) is 0. The van der Waals surface area contributed by atoms with Gasteiger partial charge in [-0.2, -0.15) is 0 Å². The van der Waals surface area contributed by atoms with Crippen LogP contribution in [0.25, 0.3) is 0 Å². The van der Waals surface area contributed by atoms with E-state index in [-0.39, 0.29) is 5.41 Å². The molecule has 0 aliphatic rings. The van der Waals surface area contributed by atoms with Gasteiger partial charge < -0.3 is 0 Å². The van der Waals surface area contributed by atoms with Gasteiger partial charge in [0.1, 0.15) is 13.2 Å². The van der Waals surface area contributed by atoms with Gasteiger partial charge in [0.2, 0.25) is 0 Å². The average molecular weight is 179 g/mol. The van der Waals surface area contributed by atoms with Crippen LogP contribution < -0.4 is 0 Å². The molecule has 0 spiro atoms. The minimum atomic E-state index is -1.89. The highest BCUT2D eigenvalue weighted by Gasteiger charge is 2.23. The lowest BCUT2D eigenvalue weighted by Crippen LogP contribution is -2.12. The van der Waals surface area contributed by atoms with Gasteiger partial charge in [-0.3, -0.25) is 0 Å². The highest BCUT2D eigenvalue weighted by molar-refractivity contribution is 7.33. The van der Waals surface area contributed by atoms with Crippen molar-refractivity contribution in [1.29, 1.82) is 0 Å². The molecule has 0 saturated carbocycles. The molecule has 0 fully saturated rings. The van der Waals surface area contributed by atoms with Crippen LogP contribution in [0.5, 0.6) is 0 Å². The van der Waals surface area contributed by atoms with E-state index in [0.717, 1.165) is 0 Å². The zero-order valence-corrected chi connectivity index (χ0v) is 8.48. The maximum atomic E-state index is 10.8. The second-order valence-electron chi connectivity index (χ2n) is 3.48. The molecule has 0 aliphatic heterocycles. The zero-order chi connectivity index (χ0) is 8.91. The third kappa shape index (κ3) is 7.92. The second-order valence-corrected chi connectivity index (χ2v) is 4.44. The van der Waals surface area contributed by atoms with E-state index in [1.807, 2.05) is 20.8 Å². The Morgan fingerprint density at radius 3 is 2.18 bits per heavy atom. The summed E-state index contributed by atoms with van der Waals surface area (Å²) in [5.74, 6) is 0. The third-order valence-electron chi connectivity index (χ3n) is 0.837. The molecule has 0 aromatic rings. The Hall–Kier alpha value is 0.0200. The Balaban J connectivity index is 3.46. The minimum absolute atomic E-state index is 0.0437. The van der Waals surface area contributed by atoms with E-state index in [2.05, 4.69) is 0 Å². The fourth-order valence-electron chi connectivity index (χ4n) is 0.389. The SMILES string of the molecule is CCO[P+](=O)OCC(C)(C)C. The molecule has 4 heteroatoms. The quantitative estimate of drug-likeness (QED) is 0.622. The Bertz CT molecular complexity index is 128. The molecule has 11 heavy (non-hydrogen) atoms. The third-order valence-corrected chi connectivity index (χ3v) is 1.65. The highest BCUT2D eigenvalue weighted by Crippen LogP contribution is 2.27. The molecule has 0 bridgehead atoms. The number of hydrogen-bond donors (Lipinski definition) is 0. The molecule has 0 radical (unpaired) electrons. The van der Waals surface area contributed by atoms with Gasteiger partial charge in [-0.1, -0.05) is 20.8 Å². The van der Waals surface area contributed by atoms with Crippen LogP contribution in [-0.2, 0) is 13.6 Å². The maximum Gasteiger partial charge on any atom is 0.697 e. The predicted octanol–water partition coefficient (Wildman–Crippen LogP) is 2.74. The van der Waals surface area contributed by atoms with Crippen molar-refractivity contribution in [3.8, 4) is 0 Å². The van der Waals surface area contributed by atoms with Crippen LogP contribution in [-0.4, -0.2) is 13.2 Å². The summed E-state index contributed by atoms with van der Waals surface area (Å²) in [4.78, 5) is 0. The lowest BCUT2D eigenvalue weighted by atomic mass is 9.99. The van der Waals surface area contributed by atoms with Gasteiger partial charge in [-0.25, -0.2) is 0 Å². The standard InChI is InChI=1S/C7H16O3P/c1-5-9-11(8)10-6-7(2,3)4/h5-6H2,1-4H3/q+1. The van der Waals surface area contributed by atoms with Gasteiger partial charge in [-0.15, -0.1) is 9.05 Å². The van der Waals surface area contributed by atoms with Crippen LogP contribution in [0.15, 0.2) is 0 Å². The summed E-state index contributed by atoms with van der Waals surface area (Å²) in [5.41, 5.74) is 0.0437. The van der Waals surface area contributed by atoms with Crippen molar-refractivity contribution < 1.29 is 13.6 Å². The first-order valence-corrected chi connectivity index (χ1v) is 4.78. The molecule has 3 nitrogen and oxygen atoms in total. The first-order chi connectivity index (χ1) is 4.95. The van der Waals surface area contributed by atoms with E-state index in [4.69, 9.17) is 9.05 Å². The molecular weight excluding hydrogens is 163 g/mol. The molecule has 1 unspecified atom stereocenters. The minimum Gasteiger partial charge on any atom is -0.119 e. The first kappa shape index (κ1) is 11.0. The smallest absolute Gasteiger partial charge is 0.119 e. The summed E-state index contributed by atoms with van der Waals surface area (Å²) < 4.78 is 20.5. The second kappa shape index (κ2) is 4.81. The van der Waals surface area contributed by atoms with E-state index in [9.17, 15) is 4.57 Å². The lowest BCUT2D eigenvalue weighted by molar-refractivity contribution is 0.168. The number of rotatable bonds is 4. The Labute approximate surface area is 69.0 Å². The number of hydrogen-bond acceptors (Lipinski definition) is 3. The van der Waals surface area contributed by atoms with E-state index in [1.165, 1.54) is 0 Å². The largest absolute Gasteiger partial charge is 0.697 e. The van der Waals surface area contributed by atoms with E-state index in [1.54, 1.807) is 6.92 Å². The predicted molar refractivity (Wildman–Crippen MR) is 44.6 cm³/mol. The van der Waals surface area contributed by atoms with Gasteiger partial charge in [0.05, 0.1) is 0 Å². The van der Waals surface area contributed by atoms with Crippen molar-refractivity contribution in [1.82, 2.24) is 0 Å². The molecule has 0 rings (SSSR count). The molecule has 0 amide bonds. The van der Waals surface area contributed by atoms with Gasteiger partial charge in [-0.05, 0) is 12.3 Å². The summed E-state index contributed by atoms with van der Waals surface area (Å²) in [6.45, 7) is 8.72. The molecular formula is C7H16O3P+. The van der Waals surface area contributed by atoms with Crippen LogP contribution in [0, 0.1) is 5.41 Å². The zero-order valence-electron chi connectivity index (χ0n) is 7.59. The Morgan fingerprint density at radius 2 is 1.82 bits per heavy atom. The van der Waals surface area contributed by atoms with Crippen LogP contribution in [0.1, 0.15) is 27.7 Å². The average Bonchev–Trinajstić information content (AvgIpc) is 1.83. The van der Waals surface area contributed by atoms with Crippen molar-refractivity contribution in [3.05, 3.63) is 0 Å². The topological polar surface area (TPSA) is 35.5 Å². The molecule has 0 aromatic heterocycles. The fraction of sp³-hybridized carbons (Fsp3) is 1.00. The maximum absolute atomic E-state index is 10.8. The van der Waals surface area contributed by atoms with Crippen LogP contribution in [0.4, 0.5) is 0 Å². The molecule has 0 aliphatic carbocycles. The Morgan fingerprint density at radius 1 is 1.27 bits per heavy atom.